The van der Waals surface area contributed by atoms with E-state index in [1.165, 1.54) is 18.2 Å². The van der Waals surface area contributed by atoms with Gasteiger partial charge in [0, 0.05) is 14.7 Å². The summed E-state index contributed by atoms with van der Waals surface area (Å²) in [5, 5.41) is 39.7. The molecule has 0 aromatic heterocycles. The van der Waals surface area contributed by atoms with Crippen molar-refractivity contribution in [3.8, 4) is 5.75 Å². The number of aliphatic hydroxyl groups excluding tert-OH is 3. The standard InChI is InChI=1S/C19H30O8Si/c1-11-9-12(20)5-6-13(11)18(24)26-10-14-15(21)16(22)17(23)19(27-14)25-7-8-28(2,3)4/h5-6,9,14-17,19-23H,7-8,10H2,1-4H3/t14-,15-,16+,17-,19-/m1/s1. The number of ether oxygens (including phenoxy) is 3. The Hall–Kier alpha value is -1.49. The molecule has 1 saturated heterocycles. The van der Waals surface area contributed by atoms with Gasteiger partial charge in [-0.2, -0.15) is 0 Å². The number of benzene rings is 1. The molecule has 1 aliphatic rings. The fourth-order valence-corrected chi connectivity index (χ4v) is 3.52. The molecule has 5 atom stereocenters. The van der Waals surface area contributed by atoms with Crippen LogP contribution >= 0.6 is 0 Å². The molecule has 4 N–H and O–H groups in total. The fraction of sp³-hybridized carbons (Fsp3) is 0.632. The van der Waals surface area contributed by atoms with E-state index in [0.29, 0.717) is 12.2 Å². The van der Waals surface area contributed by atoms with Crippen LogP contribution in [0, 0.1) is 6.92 Å². The number of esters is 1. The number of rotatable bonds is 7. The maximum atomic E-state index is 12.3. The third-order valence-corrected chi connectivity index (χ3v) is 6.32. The number of carbonyl (C=O) groups excluding carboxylic acids is 1. The molecule has 2 rings (SSSR count). The molecule has 0 radical (unpaired) electrons. The number of phenols is 1. The Morgan fingerprint density at radius 1 is 1.14 bits per heavy atom. The number of aliphatic hydroxyl groups is 3. The summed E-state index contributed by atoms with van der Waals surface area (Å²) in [6, 6.07) is 5.09. The van der Waals surface area contributed by atoms with Crippen molar-refractivity contribution in [1.82, 2.24) is 0 Å². The Bertz CT molecular complexity index is 674. The highest BCUT2D eigenvalue weighted by Crippen LogP contribution is 2.24. The fourth-order valence-electron chi connectivity index (χ4n) is 2.79. The van der Waals surface area contributed by atoms with Crippen molar-refractivity contribution in [3.05, 3.63) is 29.3 Å². The zero-order chi connectivity index (χ0) is 21.1. The summed E-state index contributed by atoms with van der Waals surface area (Å²) in [6.45, 7) is 8.24. The van der Waals surface area contributed by atoms with Crippen molar-refractivity contribution in [2.75, 3.05) is 13.2 Å². The Morgan fingerprint density at radius 2 is 1.82 bits per heavy atom. The Morgan fingerprint density at radius 3 is 2.43 bits per heavy atom. The quantitative estimate of drug-likeness (QED) is 0.385. The third-order valence-electron chi connectivity index (χ3n) is 4.61. The van der Waals surface area contributed by atoms with E-state index in [-0.39, 0.29) is 17.9 Å². The van der Waals surface area contributed by atoms with Crippen molar-refractivity contribution >= 4 is 14.0 Å². The van der Waals surface area contributed by atoms with E-state index in [0.717, 1.165) is 6.04 Å². The third kappa shape index (κ3) is 6.00. The first kappa shape index (κ1) is 22.8. The maximum Gasteiger partial charge on any atom is 0.338 e. The molecule has 0 aliphatic carbocycles. The van der Waals surface area contributed by atoms with Crippen LogP contribution in [0.2, 0.25) is 25.7 Å². The SMILES string of the molecule is Cc1cc(O)ccc1C(=O)OC[C@H]1O[C@@H](OCC[Si](C)(C)C)[C@H](O)[C@@H](O)[C@@H]1O. The normalized spacial score (nSPS) is 28.2. The smallest absolute Gasteiger partial charge is 0.338 e. The van der Waals surface area contributed by atoms with Crippen LogP contribution in [0.5, 0.6) is 5.75 Å². The predicted octanol–water partition coefficient (Wildman–Crippen LogP) is 1.02. The molecule has 1 aromatic rings. The monoisotopic (exact) mass is 414 g/mol. The van der Waals surface area contributed by atoms with Gasteiger partial charge in [0.15, 0.2) is 6.29 Å². The number of aryl methyl sites for hydroxylation is 1. The highest BCUT2D eigenvalue weighted by molar-refractivity contribution is 6.76. The highest BCUT2D eigenvalue weighted by atomic mass is 28.3. The van der Waals surface area contributed by atoms with Gasteiger partial charge in [0.05, 0.1) is 5.56 Å². The van der Waals surface area contributed by atoms with E-state index in [2.05, 4.69) is 19.6 Å². The molecule has 1 aromatic carbocycles. The van der Waals surface area contributed by atoms with E-state index in [9.17, 15) is 25.2 Å². The second-order valence-corrected chi connectivity index (χ2v) is 13.9. The van der Waals surface area contributed by atoms with E-state index >= 15 is 0 Å². The minimum atomic E-state index is -1.48. The van der Waals surface area contributed by atoms with Gasteiger partial charge in [-0.25, -0.2) is 4.79 Å². The second kappa shape index (κ2) is 9.34. The number of aromatic hydroxyl groups is 1. The second-order valence-electron chi connectivity index (χ2n) is 8.29. The molecule has 1 aliphatic heterocycles. The first-order chi connectivity index (χ1) is 13.0. The summed E-state index contributed by atoms with van der Waals surface area (Å²) in [7, 11) is -1.35. The molecule has 0 bridgehead atoms. The summed E-state index contributed by atoms with van der Waals surface area (Å²) in [4.78, 5) is 12.3. The molecule has 158 valence electrons. The first-order valence-corrected chi connectivity index (χ1v) is 13.0. The van der Waals surface area contributed by atoms with Crippen molar-refractivity contribution in [2.24, 2.45) is 0 Å². The summed E-state index contributed by atoms with van der Waals surface area (Å²) in [6.07, 6.45) is -6.47. The molecule has 0 unspecified atom stereocenters. The Kier molecular flexibility index (Phi) is 7.60. The van der Waals surface area contributed by atoms with E-state index in [4.69, 9.17) is 14.2 Å². The van der Waals surface area contributed by atoms with Crippen LogP contribution < -0.4 is 0 Å². The van der Waals surface area contributed by atoms with Gasteiger partial charge in [-0.05, 0) is 36.7 Å². The van der Waals surface area contributed by atoms with Crippen LogP contribution in [0.1, 0.15) is 15.9 Å². The molecule has 0 saturated carbocycles. The Labute approximate surface area is 165 Å². The summed E-state index contributed by atoms with van der Waals surface area (Å²) in [5.41, 5.74) is 0.810. The minimum absolute atomic E-state index is 0.0375. The maximum absolute atomic E-state index is 12.3. The lowest BCUT2D eigenvalue weighted by molar-refractivity contribution is -0.299. The van der Waals surface area contributed by atoms with Crippen LogP contribution in [-0.2, 0) is 14.2 Å². The predicted molar refractivity (Wildman–Crippen MR) is 104 cm³/mol. The molecule has 8 nitrogen and oxygen atoms in total. The van der Waals surface area contributed by atoms with Gasteiger partial charge in [0.1, 0.15) is 36.8 Å². The van der Waals surface area contributed by atoms with Gasteiger partial charge in [0.25, 0.3) is 0 Å². The average molecular weight is 415 g/mol. The van der Waals surface area contributed by atoms with Crippen LogP contribution in [0.4, 0.5) is 0 Å². The van der Waals surface area contributed by atoms with Crippen molar-refractivity contribution < 1.29 is 39.4 Å². The molecule has 9 heteroatoms. The van der Waals surface area contributed by atoms with E-state index in [1.54, 1.807) is 6.92 Å². The molecule has 1 heterocycles. The van der Waals surface area contributed by atoms with Gasteiger partial charge in [0.2, 0.25) is 0 Å². The van der Waals surface area contributed by atoms with Crippen LogP contribution in [0.3, 0.4) is 0 Å². The largest absolute Gasteiger partial charge is 0.508 e. The lowest BCUT2D eigenvalue weighted by Gasteiger charge is -2.40. The summed E-state index contributed by atoms with van der Waals surface area (Å²) >= 11 is 0. The summed E-state index contributed by atoms with van der Waals surface area (Å²) in [5.74, 6) is -0.611. The zero-order valence-corrected chi connectivity index (χ0v) is 17.7. The molecular formula is C19H30O8Si. The summed E-state index contributed by atoms with van der Waals surface area (Å²) < 4.78 is 16.3. The number of hydrogen-bond acceptors (Lipinski definition) is 8. The average Bonchev–Trinajstić information content (AvgIpc) is 2.59. The van der Waals surface area contributed by atoms with Gasteiger partial charge < -0.3 is 34.6 Å². The molecular weight excluding hydrogens is 384 g/mol. The first-order valence-electron chi connectivity index (χ1n) is 9.27. The minimum Gasteiger partial charge on any atom is -0.508 e. The topological polar surface area (TPSA) is 126 Å². The molecule has 0 amide bonds. The molecule has 28 heavy (non-hydrogen) atoms. The zero-order valence-electron chi connectivity index (χ0n) is 16.7. The Balaban J connectivity index is 1.96. The molecule has 0 spiro atoms. The van der Waals surface area contributed by atoms with E-state index < -0.39 is 44.7 Å². The van der Waals surface area contributed by atoms with Crippen molar-refractivity contribution in [3.63, 3.8) is 0 Å². The lowest BCUT2D eigenvalue weighted by atomic mass is 9.99. The van der Waals surface area contributed by atoms with Gasteiger partial charge in [-0.15, -0.1) is 0 Å². The van der Waals surface area contributed by atoms with Crippen LogP contribution in [0.25, 0.3) is 0 Å². The highest BCUT2D eigenvalue weighted by Gasteiger charge is 2.44. The van der Waals surface area contributed by atoms with Crippen LogP contribution in [0.15, 0.2) is 18.2 Å². The van der Waals surface area contributed by atoms with Gasteiger partial charge in [-0.3, -0.25) is 0 Å². The lowest BCUT2D eigenvalue weighted by Crippen LogP contribution is -2.59. The number of carbonyl (C=O) groups is 1. The van der Waals surface area contributed by atoms with Gasteiger partial charge in [-0.1, -0.05) is 19.6 Å². The van der Waals surface area contributed by atoms with Crippen LogP contribution in [-0.4, -0.2) is 78.4 Å². The van der Waals surface area contributed by atoms with Gasteiger partial charge >= 0.3 is 5.97 Å². The van der Waals surface area contributed by atoms with Crippen molar-refractivity contribution in [2.45, 2.75) is 63.3 Å². The number of phenolic OH excluding ortho intramolecular Hbond substituents is 1. The molecule has 1 fully saturated rings. The van der Waals surface area contributed by atoms with Crippen molar-refractivity contribution in [1.29, 1.82) is 0 Å². The number of hydrogen-bond donors (Lipinski definition) is 4. The van der Waals surface area contributed by atoms with E-state index in [1.807, 2.05) is 0 Å².